The van der Waals surface area contributed by atoms with Crippen molar-refractivity contribution in [3.05, 3.63) is 60.3 Å². The van der Waals surface area contributed by atoms with Crippen molar-refractivity contribution in [2.75, 3.05) is 18.4 Å². The molecule has 2 aromatic heterocycles. The van der Waals surface area contributed by atoms with Crippen LogP contribution in [0.1, 0.15) is 26.3 Å². The van der Waals surface area contributed by atoms with Crippen LogP contribution in [-0.2, 0) is 4.74 Å². The molecule has 2 heterocycles. The van der Waals surface area contributed by atoms with Crippen molar-refractivity contribution in [1.29, 1.82) is 0 Å². The van der Waals surface area contributed by atoms with Gasteiger partial charge in [-0.2, -0.15) is 0 Å². The standard InChI is InChI=1S/C25H28N4O2/c1-16-8-9-20-21(14-16)29-23-22(20)19(10-11-27-23)17-6-5-7-18(15-17)26-12-13-28-24(30)31-25(2,3)4/h5-11,14-15,26H,12-13H2,1-4H3,(H,27,29)(H,28,30). The van der Waals surface area contributed by atoms with Crippen LogP contribution in [0.4, 0.5) is 10.5 Å². The van der Waals surface area contributed by atoms with Gasteiger partial charge in [-0.1, -0.05) is 24.3 Å². The molecule has 0 fully saturated rings. The number of H-pyrrole nitrogens is 1. The van der Waals surface area contributed by atoms with Crippen molar-refractivity contribution in [2.45, 2.75) is 33.3 Å². The Hall–Kier alpha value is -3.54. The van der Waals surface area contributed by atoms with Gasteiger partial charge in [-0.15, -0.1) is 0 Å². The van der Waals surface area contributed by atoms with Crippen LogP contribution in [0.5, 0.6) is 0 Å². The highest BCUT2D eigenvalue weighted by molar-refractivity contribution is 6.13. The van der Waals surface area contributed by atoms with E-state index in [9.17, 15) is 4.79 Å². The molecule has 0 radical (unpaired) electrons. The molecule has 4 aromatic rings. The number of fused-ring (bicyclic) bond motifs is 3. The Morgan fingerprint density at radius 1 is 1.10 bits per heavy atom. The fraction of sp³-hybridized carbons (Fsp3) is 0.280. The van der Waals surface area contributed by atoms with Crippen LogP contribution in [0.2, 0.25) is 0 Å². The van der Waals surface area contributed by atoms with E-state index >= 15 is 0 Å². The number of aromatic nitrogens is 2. The molecule has 0 unspecified atom stereocenters. The number of nitrogens with zero attached hydrogens (tertiary/aromatic N) is 1. The number of alkyl carbamates (subject to hydrolysis) is 1. The van der Waals surface area contributed by atoms with Gasteiger partial charge in [-0.3, -0.25) is 0 Å². The first-order chi connectivity index (χ1) is 14.8. The highest BCUT2D eigenvalue weighted by Crippen LogP contribution is 2.34. The smallest absolute Gasteiger partial charge is 0.407 e. The second kappa shape index (κ2) is 8.30. The third-order valence-electron chi connectivity index (χ3n) is 4.94. The quantitative estimate of drug-likeness (QED) is 0.369. The lowest BCUT2D eigenvalue weighted by Gasteiger charge is -2.19. The fourth-order valence-electron chi connectivity index (χ4n) is 3.66. The molecule has 0 spiro atoms. The van der Waals surface area contributed by atoms with Gasteiger partial charge in [0.1, 0.15) is 11.2 Å². The van der Waals surface area contributed by atoms with Gasteiger partial charge in [0.05, 0.1) is 0 Å². The Bertz CT molecular complexity index is 1240. The van der Waals surface area contributed by atoms with Gasteiger partial charge in [0, 0.05) is 41.3 Å². The minimum Gasteiger partial charge on any atom is -0.444 e. The summed E-state index contributed by atoms with van der Waals surface area (Å²) in [6.45, 7) is 8.71. The Morgan fingerprint density at radius 2 is 1.94 bits per heavy atom. The van der Waals surface area contributed by atoms with Crippen molar-refractivity contribution in [1.82, 2.24) is 15.3 Å². The number of carbonyl (C=O) groups is 1. The van der Waals surface area contributed by atoms with Crippen molar-refractivity contribution >= 4 is 33.7 Å². The number of benzene rings is 2. The van der Waals surface area contributed by atoms with Gasteiger partial charge in [0.25, 0.3) is 0 Å². The monoisotopic (exact) mass is 416 g/mol. The lowest BCUT2D eigenvalue weighted by molar-refractivity contribution is 0.0530. The summed E-state index contributed by atoms with van der Waals surface area (Å²) < 4.78 is 5.26. The second-order valence-corrected chi connectivity index (χ2v) is 8.69. The van der Waals surface area contributed by atoms with Gasteiger partial charge in [0.15, 0.2) is 0 Å². The summed E-state index contributed by atoms with van der Waals surface area (Å²) in [6, 6.07) is 16.8. The number of hydrogen-bond acceptors (Lipinski definition) is 4. The third-order valence-corrected chi connectivity index (χ3v) is 4.94. The van der Waals surface area contributed by atoms with E-state index in [1.165, 1.54) is 10.9 Å². The Balaban J connectivity index is 1.52. The number of ether oxygens (including phenoxy) is 1. The average Bonchev–Trinajstić information content (AvgIpc) is 3.07. The molecule has 0 aliphatic carbocycles. The number of hydrogen-bond donors (Lipinski definition) is 3. The first-order valence-electron chi connectivity index (χ1n) is 10.5. The largest absolute Gasteiger partial charge is 0.444 e. The predicted octanol–water partition coefficient (Wildman–Crippen LogP) is 5.63. The van der Waals surface area contributed by atoms with Gasteiger partial charge >= 0.3 is 6.09 Å². The van der Waals surface area contributed by atoms with Crippen molar-refractivity contribution in [2.24, 2.45) is 0 Å². The topological polar surface area (TPSA) is 79.0 Å². The van der Waals surface area contributed by atoms with Crippen LogP contribution in [0.3, 0.4) is 0 Å². The summed E-state index contributed by atoms with van der Waals surface area (Å²) in [6.07, 6.45) is 1.43. The molecule has 3 N–H and O–H groups in total. The SMILES string of the molecule is Cc1ccc2c(c1)[nH]c1nccc(-c3cccc(NCCNC(=O)OC(C)(C)C)c3)c12. The van der Waals surface area contributed by atoms with E-state index in [1.54, 1.807) is 0 Å². The van der Waals surface area contributed by atoms with E-state index in [0.717, 1.165) is 33.4 Å². The fourth-order valence-corrected chi connectivity index (χ4v) is 3.66. The maximum atomic E-state index is 11.8. The lowest BCUT2D eigenvalue weighted by atomic mass is 10.0. The molecule has 6 nitrogen and oxygen atoms in total. The zero-order valence-corrected chi connectivity index (χ0v) is 18.4. The predicted molar refractivity (Wildman–Crippen MR) is 126 cm³/mol. The minimum atomic E-state index is -0.497. The summed E-state index contributed by atoms with van der Waals surface area (Å²) in [4.78, 5) is 19.7. The molecule has 1 amide bonds. The number of amides is 1. The van der Waals surface area contributed by atoms with Gasteiger partial charge in [-0.25, -0.2) is 9.78 Å². The zero-order chi connectivity index (χ0) is 22.0. The van der Waals surface area contributed by atoms with Crippen LogP contribution in [0.15, 0.2) is 54.7 Å². The molecular formula is C25H28N4O2. The summed E-state index contributed by atoms with van der Waals surface area (Å²) in [5.41, 5.74) is 5.93. The molecule has 0 saturated heterocycles. The van der Waals surface area contributed by atoms with Crippen molar-refractivity contribution < 1.29 is 9.53 Å². The third kappa shape index (κ3) is 4.79. The number of nitrogens with one attached hydrogen (secondary N) is 3. The van der Waals surface area contributed by atoms with Crippen LogP contribution in [0.25, 0.3) is 33.1 Å². The molecule has 0 aliphatic heterocycles. The summed E-state index contributed by atoms with van der Waals surface area (Å²) in [5.74, 6) is 0. The number of aryl methyl sites for hydroxylation is 1. The number of pyridine rings is 1. The van der Waals surface area contributed by atoms with Crippen molar-refractivity contribution in [3.8, 4) is 11.1 Å². The molecule has 4 rings (SSSR count). The molecule has 0 bridgehead atoms. The first kappa shape index (κ1) is 20.7. The summed E-state index contributed by atoms with van der Waals surface area (Å²) in [5, 5.41) is 8.43. The molecule has 2 aromatic carbocycles. The van der Waals surface area contributed by atoms with E-state index < -0.39 is 11.7 Å². The highest BCUT2D eigenvalue weighted by atomic mass is 16.6. The minimum absolute atomic E-state index is 0.406. The molecule has 0 aliphatic rings. The van der Waals surface area contributed by atoms with E-state index in [1.807, 2.05) is 39.1 Å². The average molecular weight is 417 g/mol. The zero-order valence-electron chi connectivity index (χ0n) is 18.4. The number of aromatic amines is 1. The molecule has 6 heteroatoms. The molecular weight excluding hydrogens is 388 g/mol. The van der Waals surface area contributed by atoms with Crippen LogP contribution < -0.4 is 10.6 Å². The highest BCUT2D eigenvalue weighted by Gasteiger charge is 2.15. The van der Waals surface area contributed by atoms with Gasteiger partial charge < -0.3 is 20.4 Å². The normalized spacial score (nSPS) is 11.6. The Morgan fingerprint density at radius 3 is 2.74 bits per heavy atom. The number of carbonyl (C=O) groups excluding carboxylic acids is 1. The van der Waals surface area contributed by atoms with E-state index in [0.29, 0.717) is 13.1 Å². The maximum Gasteiger partial charge on any atom is 0.407 e. The lowest BCUT2D eigenvalue weighted by Crippen LogP contribution is -2.34. The number of rotatable bonds is 5. The Kier molecular flexibility index (Phi) is 5.55. The van der Waals surface area contributed by atoms with Crippen LogP contribution in [0, 0.1) is 6.92 Å². The summed E-state index contributed by atoms with van der Waals surface area (Å²) >= 11 is 0. The van der Waals surface area contributed by atoms with Crippen LogP contribution in [-0.4, -0.2) is 34.8 Å². The van der Waals surface area contributed by atoms with Crippen molar-refractivity contribution in [3.63, 3.8) is 0 Å². The molecule has 160 valence electrons. The van der Waals surface area contributed by atoms with Gasteiger partial charge in [-0.05, 0) is 68.7 Å². The van der Waals surface area contributed by atoms with E-state index in [4.69, 9.17) is 4.74 Å². The Labute approximate surface area is 182 Å². The molecule has 31 heavy (non-hydrogen) atoms. The second-order valence-electron chi connectivity index (χ2n) is 8.69. The van der Waals surface area contributed by atoms with E-state index in [-0.39, 0.29) is 0 Å². The van der Waals surface area contributed by atoms with Gasteiger partial charge in [0.2, 0.25) is 0 Å². The number of anilines is 1. The van der Waals surface area contributed by atoms with E-state index in [2.05, 4.69) is 63.9 Å². The van der Waals surface area contributed by atoms with Crippen LogP contribution >= 0.6 is 0 Å². The summed E-state index contributed by atoms with van der Waals surface area (Å²) in [7, 11) is 0. The maximum absolute atomic E-state index is 11.8. The molecule has 0 saturated carbocycles. The molecule has 0 atom stereocenters. The first-order valence-corrected chi connectivity index (χ1v) is 10.5.